The van der Waals surface area contributed by atoms with Crippen molar-refractivity contribution in [3.05, 3.63) is 28.7 Å². The van der Waals surface area contributed by atoms with E-state index >= 15 is 0 Å². The molecule has 1 aliphatic rings. The second-order valence-corrected chi connectivity index (χ2v) is 8.28. The average Bonchev–Trinajstić information content (AvgIpc) is 3.22. The molecule has 1 aromatic heterocycles. The number of aryl methyl sites for hydroxylation is 2. The number of hydrogen-bond acceptors (Lipinski definition) is 5. The zero-order chi connectivity index (χ0) is 18.7. The van der Waals surface area contributed by atoms with Gasteiger partial charge in [0.1, 0.15) is 0 Å². The Morgan fingerprint density at radius 1 is 1.27 bits per heavy atom. The van der Waals surface area contributed by atoms with Crippen molar-refractivity contribution in [2.75, 3.05) is 26.4 Å². The molecule has 26 heavy (non-hydrogen) atoms. The quantitative estimate of drug-likeness (QED) is 0.679. The molecule has 1 aromatic carbocycles. The van der Waals surface area contributed by atoms with Crippen molar-refractivity contribution in [3.63, 3.8) is 0 Å². The molecule has 3 rings (SSSR count). The standard InChI is InChI=1S/C17H25N3O5S/c1-19-15-7-6-14(11-16(15)20(2)17(19)21)26(22,23)18-8-4-9-24-12-13-5-3-10-25-13/h6-7,11,13,18H,3-5,8-10,12H2,1-2H3. The number of fused-ring (bicyclic) bond motifs is 1. The van der Waals surface area contributed by atoms with Gasteiger partial charge in [-0.1, -0.05) is 0 Å². The number of hydrogen-bond donors (Lipinski definition) is 1. The van der Waals surface area contributed by atoms with E-state index in [-0.39, 0.29) is 16.7 Å². The maximum absolute atomic E-state index is 12.5. The van der Waals surface area contributed by atoms with E-state index in [0.29, 0.717) is 37.2 Å². The molecule has 0 aliphatic carbocycles. The lowest BCUT2D eigenvalue weighted by atomic mass is 10.2. The van der Waals surface area contributed by atoms with Crippen molar-refractivity contribution >= 4 is 21.1 Å². The molecule has 1 aliphatic heterocycles. The minimum absolute atomic E-state index is 0.145. The molecule has 0 bridgehead atoms. The van der Waals surface area contributed by atoms with Gasteiger partial charge in [0.25, 0.3) is 0 Å². The first kappa shape index (κ1) is 19.1. The molecule has 144 valence electrons. The van der Waals surface area contributed by atoms with Crippen LogP contribution in [0.1, 0.15) is 19.3 Å². The third-order valence-electron chi connectivity index (χ3n) is 4.64. The maximum atomic E-state index is 12.5. The van der Waals surface area contributed by atoms with Crippen LogP contribution in [0.25, 0.3) is 11.0 Å². The van der Waals surface area contributed by atoms with E-state index in [1.165, 1.54) is 21.3 Å². The first-order chi connectivity index (χ1) is 12.4. The highest BCUT2D eigenvalue weighted by Gasteiger charge is 2.17. The van der Waals surface area contributed by atoms with Gasteiger partial charge < -0.3 is 9.47 Å². The van der Waals surface area contributed by atoms with Crippen molar-refractivity contribution in [3.8, 4) is 0 Å². The molecule has 9 heteroatoms. The smallest absolute Gasteiger partial charge is 0.328 e. The van der Waals surface area contributed by atoms with E-state index in [2.05, 4.69) is 4.72 Å². The first-order valence-electron chi connectivity index (χ1n) is 8.74. The number of sulfonamides is 1. The van der Waals surface area contributed by atoms with Crippen molar-refractivity contribution in [2.45, 2.75) is 30.3 Å². The van der Waals surface area contributed by atoms with Gasteiger partial charge in [-0.15, -0.1) is 0 Å². The number of ether oxygens (including phenoxy) is 2. The molecule has 1 unspecified atom stereocenters. The minimum Gasteiger partial charge on any atom is -0.379 e. The fourth-order valence-electron chi connectivity index (χ4n) is 3.11. The fourth-order valence-corrected chi connectivity index (χ4v) is 4.20. The van der Waals surface area contributed by atoms with E-state index in [4.69, 9.17) is 9.47 Å². The van der Waals surface area contributed by atoms with E-state index in [9.17, 15) is 13.2 Å². The highest BCUT2D eigenvalue weighted by Crippen LogP contribution is 2.17. The monoisotopic (exact) mass is 383 g/mol. The molecule has 0 saturated carbocycles. The largest absolute Gasteiger partial charge is 0.379 e. The van der Waals surface area contributed by atoms with Crippen molar-refractivity contribution in [1.82, 2.24) is 13.9 Å². The molecule has 1 N–H and O–H groups in total. The molecular weight excluding hydrogens is 358 g/mol. The number of imidazole rings is 1. The zero-order valence-electron chi connectivity index (χ0n) is 15.1. The summed E-state index contributed by atoms with van der Waals surface area (Å²) in [6.07, 6.45) is 2.86. The van der Waals surface area contributed by atoms with Crippen LogP contribution in [0.2, 0.25) is 0 Å². The highest BCUT2D eigenvalue weighted by atomic mass is 32.2. The third kappa shape index (κ3) is 4.01. The summed E-state index contributed by atoms with van der Waals surface area (Å²) in [5.74, 6) is 0. The summed E-state index contributed by atoms with van der Waals surface area (Å²) in [7, 11) is -0.344. The Morgan fingerprint density at radius 2 is 2.04 bits per heavy atom. The van der Waals surface area contributed by atoms with Crippen LogP contribution in [0.5, 0.6) is 0 Å². The van der Waals surface area contributed by atoms with Gasteiger partial charge in [0.15, 0.2) is 0 Å². The molecule has 0 spiro atoms. The van der Waals surface area contributed by atoms with Crippen LogP contribution < -0.4 is 10.4 Å². The van der Waals surface area contributed by atoms with Crippen LogP contribution >= 0.6 is 0 Å². The molecule has 0 radical (unpaired) electrons. The topological polar surface area (TPSA) is 91.6 Å². The van der Waals surface area contributed by atoms with Crippen LogP contribution in [0, 0.1) is 0 Å². The minimum atomic E-state index is -3.63. The van der Waals surface area contributed by atoms with Crippen LogP contribution in [-0.2, 0) is 33.6 Å². The lowest BCUT2D eigenvalue weighted by Crippen LogP contribution is -2.26. The molecule has 0 amide bonds. The molecule has 2 heterocycles. The van der Waals surface area contributed by atoms with E-state index < -0.39 is 10.0 Å². The van der Waals surface area contributed by atoms with Gasteiger partial charge >= 0.3 is 5.69 Å². The summed E-state index contributed by atoms with van der Waals surface area (Å²) in [4.78, 5) is 12.1. The predicted octanol–water partition coefficient (Wildman–Crippen LogP) is 0.741. The predicted molar refractivity (Wildman–Crippen MR) is 97.8 cm³/mol. The van der Waals surface area contributed by atoms with Gasteiger partial charge in [-0.05, 0) is 37.5 Å². The van der Waals surface area contributed by atoms with Crippen LogP contribution in [-0.4, -0.2) is 50.0 Å². The molecule has 1 atom stereocenters. The maximum Gasteiger partial charge on any atom is 0.328 e. The van der Waals surface area contributed by atoms with Gasteiger partial charge in [-0.25, -0.2) is 17.9 Å². The third-order valence-corrected chi connectivity index (χ3v) is 6.10. The van der Waals surface area contributed by atoms with Crippen molar-refractivity contribution in [1.29, 1.82) is 0 Å². The summed E-state index contributed by atoms with van der Waals surface area (Å²) in [6.45, 7) is 2.13. The van der Waals surface area contributed by atoms with E-state index in [1.807, 2.05) is 0 Å². The molecule has 8 nitrogen and oxygen atoms in total. The van der Waals surface area contributed by atoms with Gasteiger partial charge in [0.05, 0.1) is 28.6 Å². The molecule has 1 fully saturated rings. The van der Waals surface area contributed by atoms with Crippen molar-refractivity contribution < 1.29 is 17.9 Å². The number of benzene rings is 1. The zero-order valence-corrected chi connectivity index (χ0v) is 15.9. The summed E-state index contributed by atoms with van der Waals surface area (Å²) in [6, 6.07) is 4.68. The Balaban J connectivity index is 1.55. The molecule has 2 aromatic rings. The molecule has 1 saturated heterocycles. The first-order valence-corrected chi connectivity index (χ1v) is 10.2. The van der Waals surface area contributed by atoms with Gasteiger partial charge in [-0.3, -0.25) is 9.13 Å². The van der Waals surface area contributed by atoms with Crippen LogP contribution in [0.4, 0.5) is 0 Å². The Hall–Kier alpha value is -1.68. The van der Waals surface area contributed by atoms with E-state index in [0.717, 1.165) is 19.4 Å². The Bertz CT molecular complexity index is 926. The number of aromatic nitrogens is 2. The number of rotatable bonds is 8. The second-order valence-electron chi connectivity index (χ2n) is 6.51. The van der Waals surface area contributed by atoms with Gasteiger partial charge in [-0.2, -0.15) is 0 Å². The normalized spacial score (nSPS) is 18.0. The van der Waals surface area contributed by atoms with Gasteiger partial charge in [0, 0.05) is 33.9 Å². The average molecular weight is 383 g/mol. The van der Waals surface area contributed by atoms with Crippen molar-refractivity contribution in [2.24, 2.45) is 14.1 Å². The summed E-state index contributed by atoms with van der Waals surface area (Å²) in [5.41, 5.74) is 1.09. The molecular formula is C17H25N3O5S. The van der Waals surface area contributed by atoms with Crippen LogP contribution in [0.3, 0.4) is 0 Å². The van der Waals surface area contributed by atoms with Gasteiger partial charge in [0.2, 0.25) is 10.0 Å². The Labute approximate surface area is 152 Å². The lowest BCUT2D eigenvalue weighted by Gasteiger charge is -2.10. The SMILES string of the molecule is Cn1c(=O)n(C)c2cc(S(=O)(=O)NCCCOCC3CCCO3)ccc21. The Kier molecular flexibility index (Phi) is 5.81. The highest BCUT2D eigenvalue weighted by molar-refractivity contribution is 7.89. The second kappa shape index (κ2) is 7.91. The number of nitrogens with zero attached hydrogens (tertiary/aromatic N) is 2. The Morgan fingerprint density at radius 3 is 2.77 bits per heavy atom. The van der Waals surface area contributed by atoms with Crippen LogP contribution in [0.15, 0.2) is 27.9 Å². The van der Waals surface area contributed by atoms with E-state index in [1.54, 1.807) is 20.2 Å². The summed E-state index contributed by atoms with van der Waals surface area (Å²) >= 11 is 0. The summed E-state index contributed by atoms with van der Waals surface area (Å²) < 4.78 is 41.4. The fraction of sp³-hybridized carbons (Fsp3) is 0.588. The number of nitrogens with one attached hydrogen (secondary N) is 1. The summed E-state index contributed by atoms with van der Waals surface area (Å²) in [5, 5.41) is 0. The lowest BCUT2D eigenvalue weighted by molar-refractivity contribution is 0.0169.